The molecule has 3 heterocycles. The van der Waals surface area contributed by atoms with E-state index < -0.39 is 0 Å². The number of hydrogen-bond donors (Lipinski definition) is 1. The number of carbonyl (C=O) groups is 2. The van der Waals surface area contributed by atoms with Crippen molar-refractivity contribution >= 4 is 23.3 Å². The van der Waals surface area contributed by atoms with Crippen LogP contribution in [0, 0.1) is 17.8 Å². The second-order valence-electron chi connectivity index (χ2n) is 10.2. The fourth-order valence-electron chi connectivity index (χ4n) is 5.56. The number of aromatic nitrogens is 2. The molecule has 3 aliphatic rings. The number of carbonyl (C=O) groups excluding carboxylic acids is 2. The summed E-state index contributed by atoms with van der Waals surface area (Å²) < 4.78 is 0. The van der Waals surface area contributed by atoms with E-state index in [2.05, 4.69) is 37.4 Å². The number of piperidine rings is 1. The van der Waals surface area contributed by atoms with Gasteiger partial charge in [-0.1, -0.05) is 31.4 Å². The van der Waals surface area contributed by atoms with Crippen LogP contribution in [0.1, 0.15) is 50.5 Å². The molecule has 2 saturated heterocycles. The van der Waals surface area contributed by atoms with Gasteiger partial charge in [-0.2, -0.15) is 5.10 Å². The molecule has 1 aliphatic carbocycles. The van der Waals surface area contributed by atoms with Gasteiger partial charge in [0.2, 0.25) is 11.8 Å². The van der Waals surface area contributed by atoms with Crippen LogP contribution in [-0.4, -0.2) is 53.1 Å². The van der Waals surface area contributed by atoms with Crippen LogP contribution in [0.5, 0.6) is 0 Å². The van der Waals surface area contributed by atoms with Crippen LogP contribution in [0.2, 0.25) is 0 Å². The van der Waals surface area contributed by atoms with Crippen molar-refractivity contribution in [3.8, 4) is 0 Å². The van der Waals surface area contributed by atoms with Crippen molar-refractivity contribution < 1.29 is 9.59 Å². The molecule has 3 fully saturated rings. The Bertz CT molecular complexity index is 960. The maximum atomic E-state index is 12.8. The topological polar surface area (TPSA) is 78.4 Å². The number of hydrogen-bond acceptors (Lipinski definition) is 5. The van der Waals surface area contributed by atoms with Crippen molar-refractivity contribution in [2.75, 3.05) is 36.4 Å². The molecular weight excluding hydrogens is 426 g/mol. The summed E-state index contributed by atoms with van der Waals surface area (Å²) in [5.74, 6) is 2.16. The maximum Gasteiger partial charge on any atom is 0.231 e. The predicted molar refractivity (Wildman–Crippen MR) is 132 cm³/mol. The van der Waals surface area contributed by atoms with Gasteiger partial charge in [-0.3, -0.25) is 9.59 Å². The van der Waals surface area contributed by atoms with Gasteiger partial charge in [0, 0.05) is 44.0 Å². The Morgan fingerprint density at radius 1 is 0.912 bits per heavy atom. The minimum Gasteiger partial charge on any atom is -0.353 e. The van der Waals surface area contributed by atoms with Gasteiger partial charge in [-0.15, -0.1) is 5.10 Å². The zero-order chi connectivity index (χ0) is 23.3. The van der Waals surface area contributed by atoms with E-state index in [4.69, 9.17) is 0 Å². The molecular formula is C27H35N5O2. The average Bonchev–Trinajstić information content (AvgIpc) is 2.86. The van der Waals surface area contributed by atoms with Crippen LogP contribution in [0.25, 0.3) is 0 Å². The van der Waals surface area contributed by atoms with Gasteiger partial charge in [0.1, 0.15) is 0 Å². The molecule has 34 heavy (non-hydrogen) atoms. The molecule has 0 bridgehead atoms. The van der Waals surface area contributed by atoms with Crippen LogP contribution in [0.15, 0.2) is 42.6 Å². The minimum absolute atomic E-state index is 0.0248. The summed E-state index contributed by atoms with van der Waals surface area (Å²) >= 11 is 0. The van der Waals surface area contributed by atoms with Gasteiger partial charge in [-0.05, 0) is 67.9 Å². The number of benzene rings is 1. The summed E-state index contributed by atoms with van der Waals surface area (Å²) in [4.78, 5) is 29.5. The SMILES string of the molecule is O=C(Nc1ccc(CC2CCN(C(=O)C3CCCCC3)CC2)cc1)C1CN(c2cccnn2)C1. The summed E-state index contributed by atoms with van der Waals surface area (Å²) in [6.07, 6.45) is 10.7. The third kappa shape index (κ3) is 5.40. The molecule has 1 aromatic heterocycles. The second-order valence-corrected chi connectivity index (χ2v) is 10.2. The molecule has 5 rings (SSSR count). The minimum atomic E-state index is -0.0248. The highest BCUT2D eigenvalue weighted by Gasteiger charge is 2.33. The lowest BCUT2D eigenvalue weighted by Crippen LogP contribution is -2.52. The van der Waals surface area contributed by atoms with E-state index in [1.807, 2.05) is 24.3 Å². The van der Waals surface area contributed by atoms with Gasteiger partial charge in [0.05, 0.1) is 5.92 Å². The van der Waals surface area contributed by atoms with E-state index in [0.29, 0.717) is 24.9 Å². The summed E-state index contributed by atoms with van der Waals surface area (Å²) in [6.45, 7) is 3.15. The first-order chi connectivity index (χ1) is 16.7. The molecule has 2 amide bonds. The summed E-state index contributed by atoms with van der Waals surface area (Å²) in [5, 5.41) is 11.0. The van der Waals surface area contributed by atoms with E-state index >= 15 is 0 Å². The van der Waals surface area contributed by atoms with Crippen LogP contribution in [0.3, 0.4) is 0 Å². The smallest absolute Gasteiger partial charge is 0.231 e. The molecule has 0 atom stereocenters. The second kappa shape index (κ2) is 10.5. The average molecular weight is 462 g/mol. The molecule has 7 heteroatoms. The van der Waals surface area contributed by atoms with E-state index in [-0.39, 0.29) is 17.7 Å². The molecule has 0 radical (unpaired) electrons. The van der Waals surface area contributed by atoms with E-state index in [1.54, 1.807) is 6.20 Å². The molecule has 180 valence electrons. The van der Waals surface area contributed by atoms with Gasteiger partial charge in [0.15, 0.2) is 5.82 Å². The lowest BCUT2D eigenvalue weighted by Gasteiger charge is -2.38. The lowest BCUT2D eigenvalue weighted by molar-refractivity contribution is -0.138. The number of nitrogens with one attached hydrogen (secondary N) is 1. The number of anilines is 2. The molecule has 0 unspecified atom stereocenters. The first-order valence-corrected chi connectivity index (χ1v) is 12.9. The Labute approximate surface area is 201 Å². The molecule has 1 aromatic carbocycles. The fraction of sp³-hybridized carbons (Fsp3) is 0.556. The van der Waals surface area contributed by atoms with E-state index in [9.17, 15) is 9.59 Å². The van der Waals surface area contributed by atoms with Crippen molar-refractivity contribution in [3.05, 3.63) is 48.2 Å². The number of nitrogens with zero attached hydrogens (tertiary/aromatic N) is 4. The van der Waals surface area contributed by atoms with E-state index in [1.165, 1.54) is 24.8 Å². The highest BCUT2D eigenvalue weighted by molar-refractivity contribution is 5.94. The molecule has 1 saturated carbocycles. The zero-order valence-electron chi connectivity index (χ0n) is 19.9. The highest BCUT2D eigenvalue weighted by atomic mass is 16.2. The summed E-state index contributed by atoms with van der Waals surface area (Å²) in [7, 11) is 0. The van der Waals surface area contributed by atoms with Crippen molar-refractivity contribution in [1.82, 2.24) is 15.1 Å². The van der Waals surface area contributed by atoms with Crippen LogP contribution in [-0.2, 0) is 16.0 Å². The number of rotatable bonds is 6. The van der Waals surface area contributed by atoms with Crippen LogP contribution >= 0.6 is 0 Å². The first kappa shape index (κ1) is 22.8. The number of amides is 2. The molecule has 1 N–H and O–H groups in total. The van der Waals surface area contributed by atoms with Gasteiger partial charge in [-0.25, -0.2) is 0 Å². The van der Waals surface area contributed by atoms with Crippen molar-refractivity contribution in [3.63, 3.8) is 0 Å². The van der Waals surface area contributed by atoms with Crippen molar-refractivity contribution in [2.24, 2.45) is 17.8 Å². The van der Waals surface area contributed by atoms with Gasteiger partial charge in [0.25, 0.3) is 0 Å². The summed E-state index contributed by atoms with van der Waals surface area (Å²) in [6, 6.07) is 12.0. The Balaban J connectivity index is 1.04. The predicted octanol–water partition coefficient (Wildman–Crippen LogP) is 3.91. The molecule has 0 spiro atoms. The van der Waals surface area contributed by atoms with E-state index in [0.717, 1.165) is 56.7 Å². The normalized spacial score (nSPS) is 20.1. The van der Waals surface area contributed by atoms with Crippen molar-refractivity contribution in [2.45, 2.75) is 51.4 Å². The first-order valence-electron chi connectivity index (χ1n) is 12.9. The fourth-order valence-corrected chi connectivity index (χ4v) is 5.56. The zero-order valence-corrected chi connectivity index (χ0v) is 19.9. The van der Waals surface area contributed by atoms with Gasteiger partial charge < -0.3 is 15.1 Å². The molecule has 2 aromatic rings. The van der Waals surface area contributed by atoms with Gasteiger partial charge >= 0.3 is 0 Å². The Kier molecular flexibility index (Phi) is 7.07. The third-order valence-corrected chi connectivity index (χ3v) is 7.76. The van der Waals surface area contributed by atoms with Crippen LogP contribution in [0.4, 0.5) is 11.5 Å². The monoisotopic (exact) mass is 461 g/mol. The molecule has 7 nitrogen and oxygen atoms in total. The van der Waals surface area contributed by atoms with Crippen molar-refractivity contribution in [1.29, 1.82) is 0 Å². The lowest BCUT2D eigenvalue weighted by atomic mass is 9.86. The largest absolute Gasteiger partial charge is 0.353 e. The maximum absolute atomic E-state index is 12.8. The molecule has 2 aliphatic heterocycles. The third-order valence-electron chi connectivity index (χ3n) is 7.76. The summed E-state index contributed by atoms with van der Waals surface area (Å²) in [5.41, 5.74) is 2.15. The Hall–Kier alpha value is -2.96. The van der Waals surface area contributed by atoms with Crippen LogP contribution < -0.4 is 10.2 Å². The number of likely N-dealkylation sites (tertiary alicyclic amines) is 1. The quantitative estimate of drug-likeness (QED) is 0.706. The Morgan fingerprint density at radius 3 is 2.32 bits per heavy atom. The Morgan fingerprint density at radius 2 is 1.65 bits per heavy atom. The highest BCUT2D eigenvalue weighted by Crippen LogP contribution is 2.29. The standard InChI is InChI=1S/C27H35N5O2/c33-26(23-18-32(19-23)25-7-4-14-28-30-25)29-24-10-8-20(9-11-24)17-21-12-15-31(16-13-21)27(34)22-5-2-1-3-6-22/h4,7-11,14,21-23H,1-3,5-6,12-13,15-19H2,(H,29,33).